The molecular formula is C10H17N. The van der Waals surface area contributed by atoms with Crippen LogP contribution in [-0.4, -0.2) is 6.04 Å². The largest absolute Gasteiger partial charge is 0.327 e. The molecule has 0 saturated carbocycles. The van der Waals surface area contributed by atoms with Crippen LogP contribution in [-0.2, 0) is 0 Å². The normalized spacial score (nSPS) is 14.4. The third-order valence-electron chi connectivity index (χ3n) is 1.35. The topological polar surface area (TPSA) is 26.0 Å². The predicted octanol–water partition coefficient (Wildman–Crippen LogP) is 2.41. The summed E-state index contributed by atoms with van der Waals surface area (Å²) in [6.45, 7) is 5.62. The Hall–Kier alpha value is -0.820. The summed E-state index contributed by atoms with van der Waals surface area (Å²) in [6, 6.07) is 0.231. The van der Waals surface area contributed by atoms with Crippen LogP contribution in [0.2, 0.25) is 0 Å². The molecule has 0 saturated heterocycles. The van der Waals surface area contributed by atoms with Gasteiger partial charge in [-0.25, -0.2) is 0 Å². The van der Waals surface area contributed by atoms with Gasteiger partial charge in [-0.3, -0.25) is 0 Å². The fourth-order valence-electron chi connectivity index (χ4n) is 0.753. The highest BCUT2D eigenvalue weighted by Crippen LogP contribution is 1.96. The minimum Gasteiger partial charge on any atom is -0.327 e. The Morgan fingerprint density at radius 3 is 2.64 bits per heavy atom. The molecule has 0 rings (SSSR count). The van der Waals surface area contributed by atoms with Gasteiger partial charge in [0, 0.05) is 6.04 Å². The van der Waals surface area contributed by atoms with Crippen LogP contribution in [0.5, 0.6) is 0 Å². The van der Waals surface area contributed by atoms with Gasteiger partial charge in [0.25, 0.3) is 0 Å². The van der Waals surface area contributed by atoms with Crippen molar-refractivity contribution >= 4 is 0 Å². The van der Waals surface area contributed by atoms with Gasteiger partial charge in [-0.2, -0.15) is 0 Å². The molecule has 0 radical (unpaired) electrons. The van der Waals surface area contributed by atoms with E-state index in [-0.39, 0.29) is 6.04 Å². The second kappa shape index (κ2) is 7.29. The number of rotatable bonds is 5. The van der Waals surface area contributed by atoms with Gasteiger partial charge < -0.3 is 5.73 Å². The fraction of sp³-hybridized carbons (Fsp3) is 0.400. The second-order valence-corrected chi connectivity index (χ2v) is 2.47. The zero-order valence-corrected chi connectivity index (χ0v) is 7.16. The van der Waals surface area contributed by atoms with Crippen LogP contribution in [0.15, 0.2) is 37.0 Å². The lowest BCUT2D eigenvalue weighted by molar-refractivity contribution is 0.695. The maximum absolute atomic E-state index is 5.72. The lowest BCUT2D eigenvalue weighted by atomic mass is 10.1. The van der Waals surface area contributed by atoms with Crippen molar-refractivity contribution in [2.45, 2.75) is 25.8 Å². The number of allylic oxidation sites excluding steroid dienone is 3. The van der Waals surface area contributed by atoms with E-state index < -0.39 is 0 Å². The van der Waals surface area contributed by atoms with Gasteiger partial charge in [0.15, 0.2) is 0 Å². The molecule has 2 N–H and O–H groups in total. The maximum atomic E-state index is 5.72. The molecule has 1 heteroatoms. The van der Waals surface area contributed by atoms with E-state index in [1.54, 1.807) is 0 Å². The van der Waals surface area contributed by atoms with Crippen LogP contribution >= 0.6 is 0 Å². The van der Waals surface area contributed by atoms with Crippen molar-refractivity contribution in [1.82, 2.24) is 0 Å². The monoisotopic (exact) mass is 151 g/mol. The van der Waals surface area contributed by atoms with Crippen LogP contribution < -0.4 is 5.73 Å². The first kappa shape index (κ1) is 10.2. The van der Waals surface area contributed by atoms with Crippen molar-refractivity contribution in [3.8, 4) is 0 Å². The minimum atomic E-state index is 0.231. The highest BCUT2D eigenvalue weighted by molar-refractivity contribution is 5.02. The summed E-state index contributed by atoms with van der Waals surface area (Å²) in [5, 5.41) is 0. The summed E-state index contributed by atoms with van der Waals surface area (Å²) in [6.07, 6.45) is 11.8. The summed E-state index contributed by atoms with van der Waals surface area (Å²) in [4.78, 5) is 0. The lowest BCUT2D eigenvalue weighted by Gasteiger charge is -2.02. The molecule has 0 aliphatic carbocycles. The highest BCUT2D eigenvalue weighted by atomic mass is 14.6. The number of nitrogens with two attached hydrogens (primary N) is 1. The van der Waals surface area contributed by atoms with Gasteiger partial charge in [-0.1, -0.05) is 30.4 Å². The van der Waals surface area contributed by atoms with Crippen molar-refractivity contribution in [3.63, 3.8) is 0 Å². The van der Waals surface area contributed by atoms with Crippen molar-refractivity contribution in [2.75, 3.05) is 0 Å². The maximum Gasteiger partial charge on any atom is 0.0108 e. The van der Waals surface area contributed by atoms with E-state index in [2.05, 4.69) is 12.7 Å². The molecule has 0 aromatic carbocycles. The third-order valence-corrected chi connectivity index (χ3v) is 1.35. The van der Waals surface area contributed by atoms with Gasteiger partial charge in [0.2, 0.25) is 0 Å². The smallest absolute Gasteiger partial charge is 0.0108 e. The van der Waals surface area contributed by atoms with Gasteiger partial charge >= 0.3 is 0 Å². The quantitative estimate of drug-likeness (QED) is 0.474. The van der Waals surface area contributed by atoms with Crippen LogP contribution in [0.1, 0.15) is 19.8 Å². The first-order valence-corrected chi connectivity index (χ1v) is 3.95. The van der Waals surface area contributed by atoms with Gasteiger partial charge in [0.1, 0.15) is 0 Å². The highest BCUT2D eigenvalue weighted by Gasteiger charge is 1.93. The Morgan fingerprint density at radius 1 is 1.36 bits per heavy atom. The lowest BCUT2D eigenvalue weighted by Crippen LogP contribution is -2.17. The zero-order chi connectivity index (χ0) is 8.53. The molecule has 1 atom stereocenters. The Kier molecular flexibility index (Phi) is 6.75. The SMILES string of the molecule is C=CCC(N)CC=CC=CC. The van der Waals surface area contributed by atoms with E-state index in [0.29, 0.717) is 0 Å². The standard InChI is InChI=1S/C10H17N/c1-3-5-6-7-9-10(11)8-4-2/h3-7,10H,2,8-9,11H2,1H3. The van der Waals surface area contributed by atoms with E-state index in [0.717, 1.165) is 12.8 Å². The molecule has 0 aliphatic rings. The molecule has 1 nitrogen and oxygen atoms in total. The molecule has 62 valence electrons. The van der Waals surface area contributed by atoms with E-state index in [1.807, 2.05) is 31.2 Å². The molecule has 0 amide bonds. The molecule has 0 spiro atoms. The first-order chi connectivity index (χ1) is 5.31. The molecule has 0 aromatic rings. The molecule has 0 aliphatic heterocycles. The Bertz CT molecular complexity index is 145. The summed E-state index contributed by atoms with van der Waals surface area (Å²) in [5.74, 6) is 0. The van der Waals surface area contributed by atoms with Crippen LogP contribution in [0.4, 0.5) is 0 Å². The van der Waals surface area contributed by atoms with Crippen molar-refractivity contribution in [2.24, 2.45) is 5.73 Å². The first-order valence-electron chi connectivity index (χ1n) is 3.95. The van der Waals surface area contributed by atoms with Crippen LogP contribution in [0.3, 0.4) is 0 Å². The Labute approximate surface area is 69.3 Å². The zero-order valence-electron chi connectivity index (χ0n) is 7.16. The van der Waals surface area contributed by atoms with Crippen molar-refractivity contribution in [3.05, 3.63) is 37.0 Å². The van der Waals surface area contributed by atoms with E-state index in [1.165, 1.54) is 0 Å². The average Bonchev–Trinajstić information content (AvgIpc) is 1.99. The second-order valence-electron chi connectivity index (χ2n) is 2.47. The van der Waals surface area contributed by atoms with E-state index in [4.69, 9.17) is 5.73 Å². The number of hydrogen-bond acceptors (Lipinski definition) is 1. The molecule has 1 unspecified atom stereocenters. The summed E-state index contributed by atoms with van der Waals surface area (Å²) in [5.41, 5.74) is 5.72. The molecular weight excluding hydrogens is 134 g/mol. The predicted molar refractivity (Wildman–Crippen MR) is 51.4 cm³/mol. The Balaban J connectivity index is 3.43. The molecule has 0 bridgehead atoms. The molecule has 0 fully saturated rings. The summed E-state index contributed by atoms with van der Waals surface area (Å²) in [7, 11) is 0. The summed E-state index contributed by atoms with van der Waals surface area (Å²) >= 11 is 0. The minimum absolute atomic E-state index is 0.231. The van der Waals surface area contributed by atoms with Crippen molar-refractivity contribution in [1.29, 1.82) is 0 Å². The Morgan fingerprint density at radius 2 is 2.09 bits per heavy atom. The van der Waals surface area contributed by atoms with Gasteiger partial charge in [-0.15, -0.1) is 6.58 Å². The summed E-state index contributed by atoms with van der Waals surface area (Å²) < 4.78 is 0. The third kappa shape index (κ3) is 7.07. The molecule has 11 heavy (non-hydrogen) atoms. The van der Waals surface area contributed by atoms with E-state index in [9.17, 15) is 0 Å². The van der Waals surface area contributed by atoms with Crippen LogP contribution in [0, 0.1) is 0 Å². The molecule has 0 heterocycles. The number of hydrogen-bond donors (Lipinski definition) is 1. The van der Waals surface area contributed by atoms with Crippen LogP contribution in [0.25, 0.3) is 0 Å². The van der Waals surface area contributed by atoms with E-state index >= 15 is 0 Å². The van der Waals surface area contributed by atoms with Gasteiger partial charge in [0.05, 0.1) is 0 Å². The average molecular weight is 151 g/mol. The fourth-order valence-corrected chi connectivity index (χ4v) is 0.753. The van der Waals surface area contributed by atoms with Gasteiger partial charge in [-0.05, 0) is 19.8 Å². The molecule has 0 aromatic heterocycles. The van der Waals surface area contributed by atoms with Crippen molar-refractivity contribution < 1.29 is 0 Å².